The van der Waals surface area contributed by atoms with Gasteiger partial charge in [-0.25, -0.2) is 0 Å². The first kappa shape index (κ1) is 10.4. The summed E-state index contributed by atoms with van der Waals surface area (Å²) in [7, 11) is 3.36. The maximum Gasteiger partial charge on any atom is 0.0704 e. The molecule has 0 saturated carbocycles. The summed E-state index contributed by atoms with van der Waals surface area (Å²) in [6.07, 6.45) is 3.23. The summed E-state index contributed by atoms with van der Waals surface area (Å²) >= 11 is 0. The highest BCUT2D eigenvalue weighted by Crippen LogP contribution is 2.08. The minimum absolute atomic E-state index is 0.198. The molecule has 1 atom stereocenters. The van der Waals surface area contributed by atoms with Crippen LogP contribution in [0.1, 0.15) is 27.2 Å². The van der Waals surface area contributed by atoms with Gasteiger partial charge >= 0.3 is 0 Å². The average Bonchev–Trinajstić information content (AvgIpc) is 1.99. The lowest BCUT2D eigenvalue weighted by molar-refractivity contribution is 0.158. The highest BCUT2D eigenvalue weighted by molar-refractivity contribution is 5.23. The fourth-order valence-electron chi connectivity index (χ4n) is 0.585. The van der Waals surface area contributed by atoms with Crippen LogP contribution in [-0.2, 0) is 4.74 Å². The second kappa shape index (κ2) is 5.14. The van der Waals surface area contributed by atoms with Crippen molar-refractivity contribution in [2.24, 2.45) is 0 Å². The number of allylic oxidation sites excluding steroid dienone is 2. The summed E-state index contributed by atoms with van der Waals surface area (Å²) in [5.41, 5.74) is 2.34. The molecule has 0 heterocycles. The van der Waals surface area contributed by atoms with Crippen molar-refractivity contribution in [2.45, 2.75) is 33.3 Å². The van der Waals surface area contributed by atoms with Gasteiger partial charge < -0.3 is 4.74 Å². The molecule has 1 nitrogen and oxygen atoms in total. The third kappa shape index (κ3) is 4.79. The molecule has 1 unspecified atom stereocenters. The third-order valence-electron chi connectivity index (χ3n) is 1.71. The lowest BCUT2D eigenvalue weighted by Gasteiger charge is -2.06. The molecule has 11 heavy (non-hydrogen) atoms. The van der Waals surface area contributed by atoms with Gasteiger partial charge in [0.15, 0.2) is 0 Å². The van der Waals surface area contributed by atoms with Gasteiger partial charge in [0.1, 0.15) is 0 Å². The van der Waals surface area contributed by atoms with E-state index in [0.29, 0.717) is 0 Å². The van der Waals surface area contributed by atoms with Crippen molar-refractivity contribution in [1.29, 1.82) is 0 Å². The number of hydrogen-bond donors (Lipinski definition) is 0. The summed E-state index contributed by atoms with van der Waals surface area (Å²) in [6, 6.07) is 0. The van der Waals surface area contributed by atoms with Crippen LogP contribution < -0.4 is 0 Å². The summed E-state index contributed by atoms with van der Waals surface area (Å²) in [6.45, 7) is 9.88. The van der Waals surface area contributed by atoms with Crippen molar-refractivity contribution in [3.8, 4) is 0 Å². The summed E-state index contributed by atoms with van der Waals surface area (Å²) in [5, 5.41) is 0. The monoisotopic (exact) mass is 153 g/mol. The molecule has 1 radical (unpaired) electrons. The van der Waals surface area contributed by atoms with Gasteiger partial charge in [-0.2, -0.15) is 0 Å². The van der Waals surface area contributed by atoms with Gasteiger partial charge in [-0.15, -0.1) is 0 Å². The molecule has 0 N–H and O–H groups in total. The molecule has 0 fully saturated rings. The minimum atomic E-state index is 0.198. The number of ether oxygens (including phenoxy) is 1. The maximum atomic E-state index is 4.86. The predicted octanol–water partition coefficient (Wildman–Crippen LogP) is 3.10. The molecular formula is C10H17O. The van der Waals surface area contributed by atoms with Crippen LogP contribution in [0, 0.1) is 7.11 Å². The summed E-state index contributed by atoms with van der Waals surface area (Å²) in [5.74, 6) is 0. The largest absolute Gasteiger partial charge is 0.376 e. The van der Waals surface area contributed by atoms with Crippen molar-refractivity contribution in [1.82, 2.24) is 0 Å². The SMILES string of the molecule is [CH2]OC(C)C/C=C(/C)C(=C)C. The Hall–Kier alpha value is -0.560. The molecule has 0 rings (SSSR count). The lowest BCUT2D eigenvalue weighted by atomic mass is 10.1. The van der Waals surface area contributed by atoms with Crippen molar-refractivity contribution in [3.05, 3.63) is 30.9 Å². The highest BCUT2D eigenvalue weighted by atomic mass is 16.5. The standard InChI is InChI=1S/C10H17O/c1-8(2)9(3)6-7-10(4)11-5/h6,10H,1,5,7H2,2-4H3/b9-6-. The van der Waals surface area contributed by atoms with Crippen molar-refractivity contribution >= 4 is 0 Å². The van der Waals surface area contributed by atoms with E-state index in [0.717, 1.165) is 12.0 Å². The first-order chi connectivity index (χ1) is 5.07. The molecule has 0 aliphatic rings. The van der Waals surface area contributed by atoms with Gasteiger partial charge in [-0.1, -0.05) is 23.8 Å². The van der Waals surface area contributed by atoms with E-state index in [9.17, 15) is 0 Å². The molecule has 0 bridgehead atoms. The van der Waals surface area contributed by atoms with E-state index in [-0.39, 0.29) is 6.10 Å². The Labute approximate surface area is 69.8 Å². The molecule has 0 spiro atoms. The zero-order valence-electron chi connectivity index (χ0n) is 7.68. The Balaban J connectivity index is 3.82. The van der Waals surface area contributed by atoms with Crippen molar-refractivity contribution in [3.63, 3.8) is 0 Å². The molecule has 0 aliphatic heterocycles. The van der Waals surface area contributed by atoms with Crippen LogP contribution in [0.25, 0.3) is 0 Å². The van der Waals surface area contributed by atoms with Crippen LogP contribution in [0.2, 0.25) is 0 Å². The fraction of sp³-hybridized carbons (Fsp3) is 0.500. The zero-order chi connectivity index (χ0) is 8.85. The molecule has 0 aliphatic carbocycles. The Bertz CT molecular complexity index is 156. The number of rotatable bonds is 4. The average molecular weight is 153 g/mol. The van der Waals surface area contributed by atoms with E-state index in [4.69, 9.17) is 4.74 Å². The fourth-order valence-corrected chi connectivity index (χ4v) is 0.585. The second-order valence-electron chi connectivity index (χ2n) is 2.88. The van der Waals surface area contributed by atoms with Crippen LogP contribution in [0.5, 0.6) is 0 Å². The number of hydrogen-bond acceptors (Lipinski definition) is 1. The molecule has 1 heteroatoms. The van der Waals surface area contributed by atoms with Gasteiger partial charge in [0.25, 0.3) is 0 Å². The molecule has 0 aromatic carbocycles. The normalized spacial score (nSPS) is 14.7. The van der Waals surface area contributed by atoms with E-state index in [1.807, 2.05) is 13.8 Å². The topological polar surface area (TPSA) is 9.23 Å². The molecule has 0 amide bonds. The van der Waals surface area contributed by atoms with E-state index >= 15 is 0 Å². The van der Waals surface area contributed by atoms with Gasteiger partial charge in [0.05, 0.1) is 13.2 Å². The van der Waals surface area contributed by atoms with Gasteiger partial charge in [0, 0.05) is 0 Å². The minimum Gasteiger partial charge on any atom is -0.376 e. The van der Waals surface area contributed by atoms with Gasteiger partial charge in [0.2, 0.25) is 0 Å². The van der Waals surface area contributed by atoms with Crippen LogP contribution in [0.15, 0.2) is 23.8 Å². The molecule has 0 saturated heterocycles. The molecule has 0 aromatic rings. The first-order valence-corrected chi connectivity index (χ1v) is 3.81. The van der Waals surface area contributed by atoms with Crippen LogP contribution in [-0.4, -0.2) is 6.10 Å². The summed E-state index contributed by atoms with van der Waals surface area (Å²) in [4.78, 5) is 0. The van der Waals surface area contributed by atoms with E-state index in [1.54, 1.807) is 0 Å². The zero-order valence-corrected chi connectivity index (χ0v) is 7.68. The van der Waals surface area contributed by atoms with Crippen LogP contribution in [0.3, 0.4) is 0 Å². The van der Waals surface area contributed by atoms with E-state index in [1.165, 1.54) is 5.57 Å². The molecular weight excluding hydrogens is 136 g/mol. The quantitative estimate of drug-likeness (QED) is 0.564. The predicted molar refractivity (Wildman–Crippen MR) is 49.1 cm³/mol. The van der Waals surface area contributed by atoms with Gasteiger partial charge in [-0.3, -0.25) is 0 Å². The van der Waals surface area contributed by atoms with Crippen LogP contribution >= 0.6 is 0 Å². The van der Waals surface area contributed by atoms with Crippen molar-refractivity contribution < 1.29 is 4.74 Å². The lowest BCUT2D eigenvalue weighted by Crippen LogP contribution is -2.00. The van der Waals surface area contributed by atoms with Gasteiger partial charge in [-0.05, 0) is 27.2 Å². The smallest absolute Gasteiger partial charge is 0.0704 e. The Morgan fingerprint density at radius 3 is 2.45 bits per heavy atom. The maximum absolute atomic E-state index is 4.86. The van der Waals surface area contributed by atoms with E-state index in [2.05, 4.69) is 26.7 Å². The molecule has 63 valence electrons. The Morgan fingerprint density at radius 2 is 2.09 bits per heavy atom. The highest BCUT2D eigenvalue weighted by Gasteiger charge is 1.96. The van der Waals surface area contributed by atoms with E-state index < -0.39 is 0 Å². The van der Waals surface area contributed by atoms with Crippen molar-refractivity contribution in [2.75, 3.05) is 0 Å². The molecule has 0 aromatic heterocycles. The first-order valence-electron chi connectivity index (χ1n) is 3.81. The third-order valence-corrected chi connectivity index (χ3v) is 1.71. The Kier molecular flexibility index (Phi) is 4.88. The summed E-state index contributed by atoms with van der Waals surface area (Å²) < 4.78 is 4.86. The second-order valence-corrected chi connectivity index (χ2v) is 2.88. The Morgan fingerprint density at radius 1 is 1.55 bits per heavy atom. The van der Waals surface area contributed by atoms with Crippen LogP contribution in [0.4, 0.5) is 0 Å².